The molecule has 2 fully saturated rings. The second kappa shape index (κ2) is 11.9. The van der Waals surface area contributed by atoms with Crippen LogP contribution < -0.4 is 10.6 Å². The molecule has 166 valence electrons. The molecule has 0 radical (unpaired) electrons. The van der Waals surface area contributed by atoms with Crippen molar-refractivity contribution >= 4 is 17.6 Å². The van der Waals surface area contributed by atoms with Crippen LogP contribution in [0.1, 0.15) is 38.2 Å². The SMILES string of the molecule is CCNC(=NCc1cccc(NC(=O)C2CCC2)c1)N1CCC(COCCOC)C1. The monoisotopic (exact) mass is 416 g/mol. The van der Waals surface area contributed by atoms with Crippen LogP contribution in [0.3, 0.4) is 0 Å². The smallest absolute Gasteiger partial charge is 0.227 e. The van der Waals surface area contributed by atoms with Gasteiger partial charge in [0, 0.05) is 44.3 Å². The number of ether oxygens (including phenoxy) is 2. The Morgan fingerprint density at radius 1 is 1.27 bits per heavy atom. The largest absolute Gasteiger partial charge is 0.382 e. The molecule has 1 aromatic rings. The van der Waals surface area contributed by atoms with Crippen molar-refractivity contribution in [2.45, 2.75) is 39.2 Å². The van der Waals surface area contributed by atoms with Gasteiger partial charge in [0.1, 0.15) is 0 Å². The fourth-order valence-electron chi connectivity index (χ4n) is 3.81. The van der Waals surface area contributed by atoms with Gasteiger partial charge in [-0.25, -0.2) is 4.99 Å². The van der Waals surface area contributed by atoms with E-state index in [-0.39, 0.29) is 11.8 Å². The van der Waals surface area contributed by atoms with E-state index in [1.807, 2.05) is 18.2 Å². The van der Waals surface area contributed by atoms with Gasteiger partial charge >= 0.3 is 0 Å². The van der Waals surface area contributed by atoms with E-state index in [9.17, 15) is 4.79 Å². The summed E-state index contributed by atoms with van der Waals surface area (Å²) in [6.07, 6.45) is 4.29. The van der Waals surface area contributed by atoms with Crippen molar-refractivity contribution in [1.29, 1.82) is 0 Å². The highest BCUT2D eigenvalue weighted by molar-refractivity contribution is 5.93. The van der Waals surface area contributed by atoms with Crippen LogP contribution in [0.2, 0.25) is 0 Å². The molecule has 1 atom stereocenters. The number of methoxy groups -OCH3 is 1. The topological polar surface area (TPSA) is 75.2 Å². The maximum Gasteiger partial charge on any atom is 0.227 e. The number of carbonyl (C=O) groups is 1. The first kappa shape index (κ1) is 22.6. The van der Waals surface area contributed by atoms with E-state index in [1.165, 1.54) is 0 Å². The number of aliphatic imine (C=N–C) groups is 1. The minimum Gasteiger partial charge on any atom is -0.382 e. The van der Waals surface area contributed by atoms with Gasteiger partial charge in [-0.15, -0.1) is 0 Å². The van der Waals surface area contributed by atoms with Gasteiger partial charge in [0.2, 0.25) is 5.91 Å². The lowest BCUT2D eigenvalue weighted by Gasteiger charge is -2.24. The predicted molar refractivity (Wildman–Crippen MR) is 120 cm³/mol. The summed E-state index contributed by atoms with van der Waals surface area (Å²) < 4.78 is 10.7. The van der Waals surface area contributed by atoms with E-state index >= 15 is 0 Å². The molecule has 0 spiro atoms. The summed E-state index contributed by atoms with van der Waals surface area (Å²) in [6, 6.07) is 8.02. The summed E-state index contributed by atoms with van der Waals surface area (Å²) in [5.74, 6) is 1.80. The van der Waals surface area contributed by atoms with Gasteiger partial charge in [-0.1, -0.05) is 18.6 Å². The third kappa shape index (κ3) is 6.71. The van der Waals surface area contributed by atoms with Crippen molar-refractivity contribution in [3.05, 3.63) is 29.8 Å². The fourth-order valence-corrected chi connectivity index (χ4v) is 3.81. The highest BCUT2D eigenvalue weighted by Crippen LogP contribution is 2.27. The summed E-state index contributed by atoms with van der Waals surface area (Å²) in [7, 11) is 1.69. The average Bonchev–Trinajstić information content (AvgIpc) is 3.16. The van der Waals surface area contributed by atoms with Gasteiger partial charge in [-0.3, -0.25) is 4.79 Å². The number of anilines is 1. The minimum absolute atomic E-state index is 0.145. The normalized spacial score (nSPS) is 19.6. The van der Waals surface area contributed by atoms with Crippen LogP contribution in [-0.4, -0.2) is 63.3 Å². The van der Waals surface area contributed by atoms with Crippen molar-refractivity contribution in [3.63, 3.8) is 0 Å². The summed E-state index contributed by atoms with van der Waals surface area (Å²) in [4.78, 5) is 19.4. The molecule has 30 heavy (non-hydrogen) atoms. The van der Waals surface area contributed by atoms with Crippen LogP contribution in [0.5, 0.6) is 0 Å². The molecule has 3 rings (SSSR count). The van der Waals surface area contributed by atoms with E-state index in [0.29, 0.717) is 25.7 Å². The number of benzene rings is 1. The van der Waals surface area contributed by atoms with Crippen molar-refractivity contribution in [3.8, 4) is 0 Å². The number of carbonyl (C=O) groups excluding carboxylic acids is 1. The average molecular weight is 417 g/mol. The van der Waals surface area contributed by atoms with Crippen LogP contribution in [0, 0.1) is 11.8 Å². The van der Waals surface area contributed by atoms with Gasteiger partial charge < -0.3 is 25.0 Å². The quantitative estimate of drug-likeness (QED) is 0.349. The number of likely N-dealkylation sites (tertiary alicyclic amines) is 1. The first-order valence-corrected chi connectivity index (χ1v) is 11.2. The Morgan fingerprint density at radius 3 is 2.87 bits per heavy atom. The lowest BCUT2D eigenvalue weighted by molar-refractivity contribution is -0.122. The summed E-state index contributed by atoms with van der Waals surface area (Å²) >= 11 is 0. The molecule has 0 bridgehead atoms. The van der Waals surface area contributed by atoms with Crippen LogP contribution in [0.4, 0.5) is 5.69 Å². The molecular formula is C23H36N4O3. The predicted octanol–water partition coefficient (Wildman–Crippen LogP) is 2.88. The molecule has 1 aromatic carbocycles. The maximum absolute atomic E-state index is 12.2. The molecule has 0 aromatic heterocycles. The molecule has 1 amide bonds. The number of amides is 1. The number of nitrogens with zero attached hydrogens (tertiary/aromatic N) is 2. The number of rotatable bonds is 10. The summed E-state index contributed by atoms with van der Waals surface area (Å²) in [6.45, 7) is 7.51. The zero-order chi connectivity index (χ0) is 21.2. The minimum atomic E-state index is 0.145. The van der Waals surface area contributed by atoms with E-state index in [1.54, 1.807) is 7.11 Å². The number of guanidine groups is 1. The summed E-state index contributed by atoms with van der Waals surface area (Å²) in [5.41, 5.74) is 1.95. The molecule has 1 saturated carbocycles. The Labute approximate surface area is 180 Å². The third-order valence-corrected chi connectivity index (χ3v) is 5.79. The standard InChI is InChI=1S/C23H36N4O3/c1-3-24-23(27-11-10-19(16-27)17-30-13-12-29-2)25-15-18-6-4-9-21(14-18)26-22(28)20-7-5-8-20/h4,6,9,14,19-20H,3,5,7-8,10-13,15-17H2,1-2H3,(H,24,25)(H,26,28). The van der Waals surface area contributed by atoms with Crippen LogP contribution in [0.25, 0.3) is 0 Å². The second-order valence-corrected chi connectivity index (χ2v) is 8.16. The Morgan fingerprint density at radius 2 is 2.13 bits per heavy atom. The lowest BCUT2D eigenvalue weighted by atomic mass is 9.85. The van der Waals surface area contributed by atoms with E-state index < -0.39 is 0 Å². The highest BCUT2D eigenvalue weighted by atomic mass is 16.5. The molecule has 1 aliphatic heterocycles. The third-order valence-electron chi connectivity index (χ3n) is 5.79. The summed E-state index contributed by atoms with van der Waals surface area (Å²) in [5, 5.41) is 6.46. The van der Waals surface area contributed by atoms with Gasteiger partial charge in [0.25, 0.3) is 0 Å². The zero-order valence-electron chi connectivity index (χ0n) is 18.4. The van der Waals surface area contributed by atoms with Crippen LogP contribution in [0.15, 0.2) is 29.3 Å². The molecular weight excluding hydrogens is 380 g/mol. The Kier molecular flexibility index (Phi) is 8.96. The zero-order valence-corrected chi connectivity index (χ0v) is 18.4. The molecule has 2 aliphatic rings. The van der Waals surface area contributed by atoms with E-state index in [2.05, 4.69) is 28.5 Å². The molecule has 1 aliphatic carbocycles. The van der Waals surface area contributed by atoms with Gasteiger partial charge in [0.05, 0.1) is 26.4 Å². The first-order valence-electron chi connectivity index (χ1n) is 11.2. The lowest BCUT2D eigenvalue weighted by Crippen LogP contribution is -2.40. The Balaban J connectivity index is 1.53. The Hall–Kier alpha value is -2.12. The van der Waals surface area contributed by atoms with Crippen molar-refractivity contribution in [1.82, 2.24) is 10.2 Å². The van der Waals surface area contributed by atoms with Gasteiger partial charge in [-0.2, -0.15) is 0 Å². The van der Waals surface area contributed by atoms with Crippen molar-refractivity contribution in [2.75, 3.05) is 51.9 Å². The molecule has 1 saturated heterocycles. The molecule has 2 N–H and O–H groups in total. The Bertz CT molecular complexity index is 705. The van der Waals surface area contributed by atoms with Crippen molar-refractivity contribution < 1.29 is 14.3 Å². The number of nitrogens with one attached hydrogen (secondary N) is 2. The maximum atomic E-state index is 12.2. The van der Waals surface area contributed by atoms with E-state index in [4.69, 9.17) is 14.5 Å². The van der Waals surface area contributed by atoms with Crippen molar-refractivity contribution in [2.24, 2.45) is 16.8 Å². The first-order chi connectivity index (χ1) is 14.7. The molecule has 7 heteroatoms. The molecule has 1 unspecified atom stereocenters. The number of hydrogen-bond donors (Lipinski definition) is 2. The molecule has 7 nitrogen and oxygen atoms in total. The van der Waals surface area contributed by atoms with E-state index in [0.717, 1.165) is 69.1 Å². The molecule has 1 heterocycles. The highest BCUT2D eigenvalue weighted by Gasteiger charge is 2.26. The van der Waals surface area contributed by atoms with Gasteiger partial charge in [0.15, 0.2) is 5.96 Å². The van der Waals surface area contributed by atoms with Crippen LogP contribution in [-0.2, 0) is 20.8 Å². The van der Waals surface area contributed by atoms with Crippen LogP contribution >= 0.6 is 0 Å². The second-order valence-electron chi connectivity index (χ2n) is 8.16. The number of hydrogen-bond acceptors (Lipinski definition) is 4. The van der Waals surface area contributed by atoms with Gasteiger partial charge in [-0.05, 0) is 43.9 Å². The fraction of sp³-hybridized carbons (Fsp3) is 0.652.